The summed E-state index contributed by atoms with van der Waals surface area (Å²) in [6.07, 6.45) is 8.85. The molecule has 358 valence electrons. The SMILES string of the molecule is O=C1CCC(N2Cc3cc(NC4CCN(CCOCCOCCCCc5ccc(-n6cc(NC(=O)c7coc(-c8ccnc(NCC9CC9)c8)n7)c(C(F)F)n6)cc5)CC4)ccc3C2=O)C(=O)N1. The Hall–Kier alpha value is -6.57. The number of ether oxygens (including phenoxy) is 2. The van der Waals surface area contributed by atoms with Gasteiger partial charge in [-0.3, -0.25) is 24.5 Å². The van der Waals surface area contributed by atoms with E-state index in [1.807, 2.05) is 42.5 Å². The first-order chi connectivity index (χ1) is 33.1. The number of piperidine rings is 2. The van der Waals surface area contributed by atoms with E-state index in [-0.39, 0.29) is 35.5 Å². The Morgan fingerprint density at radius 2 is 1.74 bits per heavy atom. The van der Waals surface area contributed by atoms with E-state index >= 15 is 0 Å². The highest BCUT2D eigenvalue weighted by Crippen LogP contribution is 2.32. The van der Waals surface area contributed by atoms with Gasteiger partial charge >= 0.3 is 0 Å². The van der Waals surface area contributed by atoms with Gasteiger partial charge in [-0.25, -0.2) is 23.4 Å². The largest absolute Gasteiger partial charge is 0.444 e. The summed E-state index contributed by atoms with van der Waals surface area (Å²) in [7, 11) is 0. The number of carbonyl (C=O) groups excluding carboxylic acids is 4. The molecule has 3 aromatic heterocycles. The second-order valence-electron chi connectivity index (χ2n) is 17.8. The molecule has 4 aliphatic rings. The number of benzene rings is 2. The minimum atomic E-state index is -2.92. The fourth-order valence-corrected chi connectivity index (χ4v) is 8.77. The van der Waals surface area contributed by atoms with Crippen LogP contribution in [0.3, 0.4) is 0 Å². The average Bonchev–Trinajstić information content (AvgIpc) is 3.70. The van der Waals surface area contributed by atoms with E-state index in [0.29, 0.717) is 74.0 Å². The zero-order valence-electron chi connectivity index (χ0n) is 37.8. The Morgan fingerprint density at radius 1 is 0.926 bits per heavy atom. The van der Waals surface area contributed by atoms with Gasteiger partial charge in [0.15, 0.2) is 11.4 Å². The summed E-state index contributed by atoms with van der Waals surface area (Å²) in [5, 5.41) is 15.9. The maximum absolute atomic E-state index is 14.1. The van der Waals surface area contributed by atoms with Crippen molar-refractivity contribution in [3.63, 3.8) is 0 Å². The second-order valence-corrected chi connectivity index (χ2v) is 17.8. The molecule has 2 saturated heterocycles. The predicted octanol–water partition coefficient (Wildman–Crippen LogP) is 6.63. The highest BCUT2D eigenvalue weighted by Gasteiger charge is 2.39. The highest BCUT2D eigenvalue weighted by molar-refractivity contribution is 6.05. The van der Waals surface area contributed by atoms with Crippen molar-refractivity contribution >= 4 is 40.8 Å². The zero-order valence-corrected chi connectivity index (χ0v) is 37.8. The third kappa shape index (κ3) is 11.7. The van der Waals surface area contributed by atoms with E-state index in [2.05, 4.69) is 41.2 Å². The summed E-state index contributed by atoms with van der Waals surface area (Å²) in [6, 6.07) is 16.5. The molecule has 5 aromatic rings. The average molecular weight is 935 g/mol. The zero-order chi connectivity index (χ0) is 47.0. The van der Waals surface area contributed by atoms with E-state index in [9.17, 15) is 28.0 Å². The Balaban J connectivity index is 0.628. The monoisotopic (exact) mass is 934 g/mol. The number of imide groups is 1. The number of alkyl halides is 2. The van der Waals surface area contributed by atoms with Crippen molar-refractivity contribution in [2.45, 2.75) is 82.8 Å². The van der Waals surface area contributed by atoms with E-state index in [4.69, 9.17) is 13.9 Å². The Bertz CT molecular complexity index is 2570. The van der Waals surface area contributed by atoms with E-state index in [0.717, 1.165) is 75.1 Å². The number of halogens is 2. The number of hydrogen-bond acceptors (Lipinski definition) is 13. The Morgan fingerprint density at radius 3 is 2.51 bits per heavy atom. The molecule has 0 bridgehead atoms. The molecule has 1 atom stereocenters. The summed E-state index contributed by atoms with van der Waals surface area (Å²) in [4.78, 5) is 62.7. The lowest BCUT2D eigenvalue weighted by molar-refractivity contribution is -0.136. The lowest BCUT2D eigenvalue weighted by Gasteiger charge is -2.32. The van der Waals surface area contributed by atoms with Gasteiger partial charge in [-0.15, -0.1) is 0 Å². The molecule has 1 saturated carbocycles. The van der Waals surface area contributed by atoms with Gasteiger partial charge in [0.2, 0.25) is 17.7 Å². The molecule has 6 heterocycles. The maximum Gasteiger partial charge on any atom is 0.284 e. The lowest BCUT2D eigenvalue weighted by Crippen LogP contribution is -2.52. The van der Waals surface area contributed by atoms with Crippen molar-refractivity contribution in [1.29, 1.82) is 0 Å². The van der Waals surface area contributed by atoms with Crippen molar-refractivity contribution in [1.82, 2.24) is 34.9 Å². The summed E-state index contributed by atoms with van der Waals surface area (Å²) < 4.78 is 46.7. The molecule has 68 heavy (non-hydrogen) atoms. The molecule has 19 heteroatoms. The number of fused-ring (bicyclic) bond motifs is 1. The van der Waals surface area contributed by atoms with E-state index in [1.165, 1.54) is 30.0 Å². The molecule has 3 aliphatic heterocycles. The molecule has 2 aromatic carbocycles. The first-order valence-electron chi connectivity index (χ1n) is 23.5. The number of carbonyl (C=O) groups is 4. The number of aromatic nitrogens is 4. The van der Waals surface area contributed by atoms with Crippen LogP contribution in [0, 0.1) is 5.92 Å². The van der Waals surface area contributed by atoms with Gasteiger partial charge in [0.1, 0.15) is 18.1 Å². The number of amides is 4. The molecule has 0 spiro atoms. The van der Waals surface area contributed by atoms with E-state index < -0.39 is 30.0 Å². The van der Waals surface area contributed by atoms with Crippen LogP contribution in [0.5, 0.6) is 0 Å². The van der Waals surface area contributed by atoms with Gasteiger partial charge in [0.25, 0.3) is 18.2 Å². The van der Waals surface area contributed by atoms with Gasteiger partial charge in [-0.05, 0) is 111 Å². The Labute approximate surface area is 392 Å². The minimum Gasteiger partial charge on any atom is -0.444 e. The predicted molar refractivity (Wildman–Crippen MR) is 248 cm³/mol. The number of nitrogens with zero attached hydrogens (tertiary/aromatic N) is 6. The van der Waals surface area contributed by atoms with E-state index in [1.54, 1.807) is 23.2 Å². The first kappa shape index (κ1) is 46.5. The summed E-state index contributed by atoms with van der Waals surface area (Å²) in [5.41, 5.74) is 4.02. The van der Waals surface area contributed by atoms with Crippen molar-refractivity contribution < 1.29 is 41.8 Å². The lowest BCUT2D eigenvalue weighted by atomic mass is 10.0. The van der Waals surface area contributed by atoms with Crippen LogP contribution < -0.4 is 21.3 Å². The third-order valence-electron chi connectivity index (χ3n) is 12.8. The van der Waals surface area contributed by atoms with Gasteiger partial charge in [-0.2, -0.15) is 5.10 Å². The number of pyridine rings is 1. The number of nitrogens with one attached hydrogen (secondary N) is 4. The number of unbranched alkanes of at least 4 members (excludes halogenated alkanes) is 1. The van der Waals surface area contributed by atoms with Crippen LogP contribution >= 0.6 is 0 Å². The molecular weight excluding hydrogens is 879 g/mol. The van der Waals surface area contributed by atoms with Crippen LogP contribution in [0.25, 0.3) is 17.1 Å². The summed E-state index contributed by atoms with van der Waals surface area (Å²) in [5.74, 6) is -0.0149. The van der Waals surface area contributed by atoms with Crippen LogP contribution in [-0.4, -0.2) is 118 Å². The standard InChI is InChI=1S/C49H56F2N10O7/c50-45(51)44-39(55-46(63)40-30-68-48(56-40)33-14-17-52-42(26-33)53-27-32-4-5-32)29-61(58-44)37-9-6-31(7-10-37)3-1-2-21-66-23-24-67-22-20-59-18-15-35(16-19-59)54-36-8-11-38-34(25-36)28-60(49(38)65)41-12-13-43(62)57-47(41)64/h6-11,14,17,25-26,29-30,32,35,41,45,54H,1-5,12-13,15-16,18-24,27-28H2,(H,52,53)(H,55,63)(H,57,62,64). The number of likely N-dealkylation sites (tertiary alicyclic amines) is 1. The highest BCUT2D eigenvalue weighted by atomic mass is 19.3. The van der Waals surface area contributed by atoms with Crippen molar-refractivity contribution in [2.24, 2.45) is 5.92 Å². The summed E-state index contributed by atoms with van der Waals surface area (Å²) >= 11 is 0. The fraction of sp³-hybridized carbons (Fsp3) is 0.449. The van der Waals surface area contributed by atoms with Gasteiger partial charge in [0, 0.05) is 74.8 Å². The van der Waals surface area contributed by atoms with Crippen molar-refractivity contribution in [3.8, 4) is 17.1 Å². The normalized spacial score (nSPS) is 17.7. The summed E-state index contributed by atoms with van der Waals surface area (Å²) in [6.45, 7) is 6.27. The minimum absolute atomic E-state index is 0.0604. The number of anilines is 3. The van der Waals surface area contributed by atoms with Crippen LogP contribution in [0.15, 0.2) is 77.7 Å². The van der Waals surface area contributed by atoms with Gasteiger partial charge in [0.05, 0.1) is 37.4 Å². The molecular formula is C49H56F2N10O7. The molecule has 9 rings (SSSR count). The van der Waals surface area contributed by atoms with Crippen LogP contribution in [0.2, 0.25) is 0 Å². The third-order valence-corrected chi connectivity index (χ3v) is 12.8. The fourth-order valence-electron chi connectivity index (χ4n) is 8.77. The number of hydrogen-bond donors (Lipinski definition) is 4. The smallest absolute Gasteiger partial charge is 0.284 e. The molecule has 3 fully saturated rings. The number of rotatable bonds is 22. The number of aryl methyl sites for hydroxylation is 1. The van der Waals surface area contributed by atoms with Crippen molar-refractivity contribution in [2.75, 3.05) is 68.6 Å². The van der Waals surface area contributed by atoms with Crippen LogP contribution in [0.1, 0.15) is 95.5 Å². The number of oxazole rings is 1. The van der Waals surface area contributed by atoms with Gasteiger partial charge in [-0.1, -0.05) is 12.1 Å². The molecule has 4 N–H and O–H groups in total. The maximum atomic E-state index is 14.1. The quantitative estimate of drug-likeness (QED) is 0.0427. The van der Waals surface area contributed by atoms with Crippen molar-refractivity contribution in [3.05, 3.63) is 101 Å². The van der Waals surface area contributed by atoms with Gasteiger partial charge < -0.3 is 39.6 Å². The molecule has 1 unspecified atom stereocenters. The topological polar surface area (TPSA) is 198 Å². The second kappa shape index (κ2) is 21.6. The molecule has 1 aliphatic carbocycles. The van der Waals surface area contributed by atoms with Crippen LogP contribution in [-0.2, 0) is 32.0 Å². The Kier molecular flexibility index (Phi) is 14.8. The molecule has 4 amide bonds. The molecule has 17 nitrogen and oxygen atoms in total. The first-order valence-corrected chi connectivity index (χ1v) is 23.5. The molecule has 0 radical (unpaired) electrons. The van der Waals surface area contributed by atoms with Crippen LogP contribution in [0.4, 0.5) is 26.0 Å².